The number of piperidine rings is 1. The van der Waals surface area contributed by atoms with Crippen LogP contribution in [0.15, 0.2) is 85.7 Å². The zero-order valence-corrected chi connectivity index (χ0v) is 19.5. The molecule has 4 heteroatoms. The molecule has 0 spiro atoms. The Bertz CT molecular complexity index is 1080. The number of rotatable bonds is 8. The minimum absolute atomic E-state index is 0.143. The number of aromatic nitrogens is 1. The van der Waals surface area contributed by atoms with Crippen molar-refractivity contribution in [2.24, 2.45) is 5.41 Å². The Labute approximate surface area is 197 Å². The van der Waals surface area contributed by atoms with E-state index in [9.17, 15) is 4.79 Å². The Balaban J connectivity index is 1.51. The molecule has 0 atom stereocenters. The highest BCUT2D eigenvalue weighted by molar-refractivity contribution is 5.83. The molecular formula is C29H33N3O. The van der Waals surface area contributed by atoms with Gasteiger partial charge < -0.3 is 5.32 Å². The van der Waals surface area contributed by atoms with E-state index in [4.69, 9.17) is 0 Å². The number of nitrogens with one attached hydrogen (secondary N) is 1. The minimum Gasteiger partial charge on any atom is -0.352 e. The third kappa shape index (κ3) is 5.77. The van der Waals surface area contributed by atoms with Gasteiger partial charge in [-0.15, -0.1) is 6.58 Å². The van der Waals surface area contributed by atoms with Crippen LogP contribution in [0.25, 0.3) is 11.1 Å². The summed E-state index contributed by atoms with van der Waals surface area (Å²) in [6.45, 7) is 9.17. The van der Waals surface area contributed by atoms with Crippen molar-refractivity contribution in [1.82, 2.24) is 15.2 Å². The van der Waals surface area contributed by atoms with Crippen LogP contribution in [0.3, 0.4) is 0 Å². The maximum Gasteiger partial charge on any atom is 0.226 e. The van der Waals surface area contributed by atoms with E-state index in [0.29, 0.717) is 6.54 Å². The smallest absolute Gasteiger partial charge is 0.226 e. The van der Waals surface area contributed by atoms with E-state index < -0.39 is 5.41 Å². The van der Waals surface area contributed by atoms with Gasteiger partial charge in [0, 0.05) is 25.5 Å². The van der Waals surface area contributed by atoms with Gasteiger partial charge in [0.2, 0.25) is 5.91 Å². The second kappa shape index (κ2) is 10.6. The van der Waals surface area contributed by atoms with Crippen LogP contribution in [0.1, 0.15) is 29.5 Å². The Morgan fingerprint density at radius 3 is 2.55 bits per heavy atom. The van der Waals surface area contributed by atoms with Gasteiger partial charge in [-0.25, -0.2) is 0 Å². The lowest BCUT2D eigenvalue weighted by molar-refractivity contribution is -0.133. The highest BCUT2D eigenvalue weighted by Crippen LogP contribution is 2.37. The molecular weight excluding hydrogens is 406 g/mol. The van der Waals surface area contributed by atoms with Crippen LogP contribution in [-0.2, 0) is 17.8 Å². The van der Waals surface area contributed by atoms with Crippen molar-refractivity contribution in [1.29, 1.82) is 0 Å². The zero-order valence-electron chi connectivity index (χ0n) is 19.5. The summed E-state index contributed by atoms with van der Waals surface area (Å²) in [7, 11) is 0. The van der Waals surface area contributed by atoms with Crippen LogP contribution in [-0.4, -0.2) is 35.4 Å². The molecule has 1 aliphatic rings. The number of amides is 1. The summed E-state index contributed by atoms with van der Waals surface area (Å²) in [6, 6.07) is 21.3. The average molecular weight is 440 g/mol. The summed E-state index contributed by atoms with van der Waals surface area (Å²) in [5.41, 5.74) is 5.65. The molecule has 0 aliphatic carbocycles. The standard InChI is InChI=1S/C29H33N3O/c1-3-14-31-28(33)29(12-16-32(17-13-29)22-25-9-4-7-23(2)18-25)20-24-8-5-10-26(19-24)27-11-6-15-30-21-27/h3-11,15,18-19,21H,1,12-14,16-17,20,22H2,2H3,(H,31,33). The molecule has 1 amide bonds. The van der Waals surface area contributed by atoms with Crippen LogP contribution in [0.4, 0.5) is 0 Å². The monoisotopic (exact) mass is 439 g/mol. The normalized spacial score (nSPS) is 15.7. The largest absolute Gasteiger partial charge is 0.352 e. The number of likely N-dealkylation sites (tertiary alicyclic amines) is 1. The first-order chi connectivity index (χ1) is 16.1. The van der Waals surface area contributed by atoms with E-state index in [2.05, 4.69) is 83.3 Å². The fourth-order valence-corrected chi connectivity index (χ4v) is 4.83. The van der Waals surface area contributed by atoms with Crippen LogP contribution in [0.2, 0.25) is 0 Å². The molecule has 0 radical (unpaired) electrons. The molecule has 1 aromatic heterocycles. The summed E-state index contributed by atoms with van der Waals surface area (Å²) in [6.07, 6.45) is 7.86. The molecule has 1 N–H and O–H groups in total. The van der Waals surface area contributed by atoms with Gasteiger partial charge in [-0.05, 0) is 67.6 Å². The molecule has 0 unspecified atom stereocenters. The van der Waals surface area contributed by atoms with Crippen molar-refractivity contribution in [2.75, 3.05) is 19.6 Å². The van der Waals surface area contributed by atoms with Crippen molar-refractivity contribution in [3.63, 3.8) is 0 Å². The van der Waals surface area contributed by atoms with E-state index in [-0.39, 0.29) is 5.91 Å². The highest BCUT2D eigenvalue weighted by Gasteiger charge is 2.41. The van der Waals surface area contributed by atoms with Crippen molar-refractivity contribution in [2.45, 2.75) is 32.7 Å². The zero-order chi connectivity index (χ0) is 23.1. The van der Waals surface area contributed by atoms with Gasteiger partial charge in [0.15, 0.2) is 0 Å². The van der Waals surface area contributed by atoms with Gasteiger partial charge in [0.1, 0.15) is 0 Å². The first kappa shape index (κ1) is 22.9. The molecule has 3 aromatic rings. The SMILES string of the molecule is C=CCNC(=O)C1(Cc2cccc(-c3cccnc3)c2)CCN(Cc2cccc(C)c2)CC1. The van der Waals surface area contributed by atoms with Crippen LogP contribution >= 0.6 is 0 Å². The quantitative estimate of drug-likeness (QED) is 0.492. The fraction of sp³-hybridized carbons (Fsp3) is 0.310. The predicted octanol–water partition coefficient (Wildman–Crippen LogP) is 5.18. The van der Waals surface area contributed by atoms with Crippen molar-refractivity contribution >= 4 is 5.91 Å². The first-order valence-electron chi connectivity index (χ1n) is 11.7. The summed E-state index contributed by atoms with van der Waals surface area (Å²) in [5.74, 6) is 0.143. The Hall–Kier alpha value is -3.24. The summed E-state index contributed by atoms with van der Waals surface area (Å²) >= 11 is 0. The fourth-order valence-electron chi connectivity index (χ4n) is 4.83. The number of nitrogens with zero attached hydrogens (tertiary/aromatic N) is 2. The van der Waals surface area contributed by atoms with Gasteiger partial charge in [-0.2, -0.15) is 0 Å². The summed E-state index contributed by atoms with van der Waals surface area (Å²) in [5, 5.41) is 3.10. The highest BCUT2D eigenvalue weighted by atomic mass is 16.2. The molecule has 33 heavy (non-hydrogen) atoms. The Morgan fingerprint density at radius 1 is 1.06 bits per heavy atom. The van der Waals surface area contributed by atoms with Gasteiger partial charge in [-0.1, -0.05) is 66.2 Å². The Morgan fingerprint density at radius 2 is 1.82 bits per heavy atom. The van der Waals surface area contributed by atoms with Gasteiger partial charge in [0.05, 0.1) is 5.41 Å². The topological polar surface area (TPSA) is 45.2 Å². The van der Waals surface area contributed by atoms with Crippen LogP contribution in [0, 0.1) is 12.3 Å². The number of carbonyl (C=O) groups excluding carboxylic acids is 1. The van der Waals surface area contributed by atoms with Crippen LogP contribution < -0.4 is 5.32 Å². The van der Waals surface area contributed by atoms with Gasteiger partial charge in [0.25, 0.3) is 0 Å². The maximum atomic E-state index is 13.4. The van der Waals surface area contributed by atoms with E-state index in [1.54, 1.807) is 12.3 Å². The molecule has 0 saturated carbocycles. The number of pyridine rings is 1. The predicted molar refractivity (Wildman–Crippen MR) is 135 cm³/mol. The molecule has 1 aliphatic heterocycles. The van der Waals surface area contributed by atoms with Crippen molar-refractivity contribution in [3.8, 4) is 11.1 Å². The first-order valence-corrected chi connectivity index (χ1v) is 11.7. The van der Waals surface area contributed by atoms with Crippen molar-refractivity contribution < 1.29 is 4.79 Å². The Kier molecular flexibility index (Phi) is 7.36. The lowest BCUT2D eigenvalue weighted by atomic mass is 9.72. The number of hydrogen-bond donors (Lipinski definition) is 1. The number of aryl methyl sites for hydroxylation is 1. The lowest BCUT2D eigenvalue weighted by Gasteiger charge is -2.41. The molecule has 2 aromatic carbocycles. The minimum atomic E-state index is -0.403. The van der Waals surface area contributed by atoms with Crippen molar-refractivity contribution in [3.05, 3.63) is 102 Å². The second-order valence-electron chi connectivity index (χ2n) is 9.16. The molecule has 0 bridgehead atoms. The molecule has 4 rings (SSSR count). The third-order valence-corrected chi connectivity index (χ3v) is 6.65. The van der Waals surface area contributed by atoms with Gasteiger partial charge in [-0.3, -0.25) is 14.7 Å². The van der Waals surface area contributed by atoms with E-state index in [0.717, 1.165) is 50.0 Å². The van der Waals surface area contributed by atoms with Crippen LogP contribution in [0.5, 0.6) is 0 Å². The number of carbonyl (C=O) groups is 1. The summed E-state index contributed by atoms with van der Waals surface area (Å²) in [4.78, 5) is 20.1. The van der Waals surface area contributed by atoms with E-state index in [1.165, 1.54) is 16.7 Å². The molecule has 1 saturated heterocycles. The molecule has 4 nitrogen and oxygen atoms in total. The van der Waals surface area contributed by atoms with E-state index >= 15 is 0 Å². The number of benzene rings is 2. The number of hydrogen-bond acceptors (Lipinski definition) is 3. The molecule has 170 valence electrons. The molecule has 1 fully saturated rings. The second-order valence-corrected chi connectivity index (χ2v) is 9.16. The average Bonchev–Trinajstić information content (AvgIpc) is 2.84. The lowest BCUT2D eigenvalue weighted by Crippen LogP contribution is -2.50. The maximum absolute atomic E-state index is 13.4. The third-order valence-electron chi connectivity index (χ3n) is 6.65. The molecule has 2 heterocycles. The van der Waals surface area contributed by atoms with E-state index in [1.807, 2.05) is 12.3 Å². The summed E-state index contributed by atoms with van der Waals surface area (Å²) < 4.78 is 0. The van der Waals surface area contributed by atoms with Gasteiger partial charge >= 0.3 is 0 Å².